The number of hydrogen-bond acceptors (Lipinski definition) is 5. The van der Waals surface area contributed by atoms with Gasteiger partial charge in [-0.25, -0.2) is 0 Å². The molecule has 1 unspecified atom stereocenters. The van der Waals surface area contributed by atoms with Crippen LogP contribution in [0.2, 0.25) is 0 Å². The van der Waals surface area contributed by atoms with Gasteiger partial charge in [0.05, 0.1) is 11.6 Å². The molecular weight excluding hydrogens is 484 g/mol. The van der Waals surface area contributed by atoms with Crippen LogP contribution in [0.3, 0.4) is 0 Å². The number of halogens is 1. The summed E-state index contributed by atoms with van der Waals surface area (Å²) in [6.07, 6.45) is 6.58. The number of carbonyl (C=O) groups excluding carboxylic acids is 2. The monoisotopic (exact) mass is 506 g/mol. The molecule has 2 heterocycles. The molecule has 1 saturated heterocycles. The molecule has 1 saturated carbocycles. The third-order valence-electron chi connectivity index (χ3n) is 6.58. The maximum Gasteiger partial charge on any atom is 0.299 e. The fourth-order valence-electron chi connectivity index (χ4n) is 4.95. The van der Waals surface area contributed by atoms with Crippen LogP contribution < -0.4 is 4.90 Å². The smallest absolute Gasteiger partial charge is 0.299 e. The van der Waals surface area contributed by atoms with Crippen molar-refractivity contribution in [2.45, 2.75) is 38.1 Å². The van der Waals surface area contributed by atoms with E-state index in [1.54, 1.807) is 23.1 Å². The van der Waals surface area contributed by atoms with Crippen LogP contribution in [0.4, 0.5) is 5.69 Å². The first-order valence-electron chi connectivity index (χ1n) is 11.1. The summed E-state index contributed by atoms with van der Waals surface area (Å²) < 4.78 is 5.79. The molecule has 2 fully saturated rings. The minimum Gasteiger partial charge on any atom is -0.507 e. The number of aliphatic hydroxyl groups is 1. The van der Waals surface area contributed by atoms with Gasteiger partial charge in [-0.15, -0.1) is 0 Å². The van der Waals surface area contributed by atoms with E-state index in [-0.39, 0.29) is 17.3 Å². The molecule has 7 heteroatoms. The zero-order valence-corrected chi connectivity index (χ0v) is 19.5. The first kappa shape index (κ1) is 21.6. The third-order valence-corrected chi connectivity index (χ3v) is 7.11. The number of ketones is 1. The molecule has 1 aromatic heterocycles. The van der Waals surface area contributed by atoms with Gasteiger partial charge in [-0.3, -0.25) is 14.5 Å². The molecule has 168 valence electrons. The topological polar surface area (TPSA) is 83.6 Å². The number of hydrogen-bond donors (Lipinski definition) is 1. The summed E-state index contributed by atoms with van der Waals surface area (Å²) in [7, 11) is 0. The molecular formula is C26H23BrN2O4. The van der Waals surface area contributed by atoms with Crippen molar-refractivity contribution >= 4 is 39.1 Å². The molecule has 0 spiro atoms. The fourth-order valence-corrected chi connectivity index (χ4v) is 5.22. The Kier molecular flexibility index (Phi) is 5.89. The van der Waals surface area contributed by atoms with Crippen molar-refractivity contribution in [3.63, 3.8) is 0 Å². The first-order chi connectivity index (χ1) is 16.0. The van der Waals surface area contributed by atoms with E-state index < -0.39 is 17.7 Å². The van der Waals surface area contributed by atoms with E-state index >= 15 is 0 Å². The lowest BCUT2D eigenvalue weighted by Gasteiger charge is -2.34. The molecule has 1 atom stereocenters. The number of rotatable bonds is 4. The first-order valence-corrected chi connectivity index (χ1v) is 11.9. The predicted molar refractivity (Wildman–Crippen MR) is 128 cm³/mol. The van der Waals surface area contributed by atoms with Crippen LogP contribution in [-0.2, 0) is 9.59 Å². The molecule has 0 bridgehead atoms. The third kappa shape index (κ3) is 4.02. The minimum atomic E-state index is -0.633. The molecule has 2 aromatic carbocycles. The van der Waals surface area contributed by atoms with Gasteiger partial charge in [0.2, 0.25) is 0 Å². The second kappa shape index (κ2) is 8.98. The zero-order valence-electron chi connectivity index (χ0n) is 17.9. The van der Waals surface area contributed by atoms with Crippen LogP contribution >= 0.6 is 15.9 Å². The van der Waals surface area contributed by atoms with Crippen molar-refractivity contribution in [2.75, 3.05) is 4.90 Å². The van der Waals surface area contributed by atoms with Crippen molar-refractivity contribution < 1.29 is 19.2 Å². The molecule has 33 heavy (non-hydrogen) atoms. The van der Waals surface area contributed by atoms with Crippen molar-refractivity contribution in [1.29, 1.82) is 0 Å². The standard InChI is InChI=1S/C26H23BrN2O4/c27-19-10-6-18(7-11-19)24(30)22-23(17-4-2-1-3-5-17)29(26(32)25(22)31)20-12-8-16(9-13-20)21-14-15-33-28-21/h6-15,17,23,30H,1-5H2. The Morgan fingerprint density at radius 1 is 0.970 bits per heavy atom. The predicted octanol–water partition coefficient (Wildman–Crippen LogP) is 5.94. The van der Waals surface area contributed by atoms with E-state index in [1.165, 1.54) is 6.26 Å². The second-order valence-electron chi connectivity index (χ2n) is 8.55. The van der Waals surface area contributed by atoms with E-state index in [0.29, 0.717) is 16.9 Å². The molecule has 5 rings (SSSR count). The highest BCUT2D eigenvalue weighted by molar-refractivity contribution is 9.10. The lowest BCUT2D eigenvalue weighted by atomic mass is 9.80. The maximum atomic E-state index is 13.3. The lowest BCUT2D eigenvalue weighted by Crippen LogP contribution is -2.40. The number of amides is 1. The Morgan fingerprint density at radius 2 is 1.67 bits per heavy atom. The lowest BCUT2D eigenvalue weighted by molar-refractivity contribution is -0.132. The van der Waals surface area contributed by atoms with E-state index in [1.807, 2.05) is 36.4 Å². The summed E-state index contributed by atoms with van der Waals surface area (Å²) in [5.41, 5.74) is 2.92. The van der Waals surface area contributed by atoms with E-state index in [4.69, 9.17) is 4.52 Å². The molecule has 6 nitrogen and oxygen atoms in total. The molecule has 1 aliphatic carbocycles. The average molecular weight is 507 g/mol. The number of aromatic nitrogens is 1. The van der Waals surface area contributed by atoms with E-state index in [0.717, 1.165) is 42.1 Å². The molecule has 2 aliphatic rings. The molecule has 1 aliphatic heterocycles. The number of anilines is 1. The number of nitrogens with zero attached hydrogens (tertiary/aromatic N) is 2. The summed E-state index contributed by atoms with van der Waals surface area (Å²) in [5.74, 6) is -1.24. The summed E-state index contributed by atoms with van der Waals surface area (Å²) in [6.45, 7) is 0. The molecule has 1 N–H and O–H groups in total. The molecule has 1 amide bonds. The minimum absolute atomic E-state index is 0.108. The van der Waals surface area contributed by atoms with Crippen molar-refractivity contribution in [1.82, 2.24) is 5.16 Å². The highest BCUT2D eigenvalue weighted by Gasteiger charge is 2.49. The summed E-state index contributed by atoms with van der Waals surface area (Å²) >= 11 is 3.40. The van der Waals surface area contributed by atoms with Crippen molar-refractivity contribution in [3.05, 3.63) is 76.5 Å². The SMILES string of the molecule is O=C1C(=O)N(c2ccc(-c3ccon3)cc2)C(C2CCCCC2)C1=C(O)c1ccc(Br)cc1. The largest absolute Gasteiger partial charge is 0.507 e. The number of Topliss-reactive ketones (excluding diaryl/α,β-unsaturated/α-hetero) is 1. The van der Waals surface area contributed by atoms with Gasteiger partial charge in [0.1, 0.15) is 17.7 Å². The van der Waals surface area contributed by atoms with Crippen LogP contribution in [-0.4, -0.2) is 28.0 Å². The second-order valence-corrected chi connectivity index (χ2v) is 9.46. The normalized spacial score (nSPS) is 21.0. The highest BCUT2D eigenvalue weighted by atomic mass is 79.9. The van der Waals surface area contributed by atoms with Crippen molar-refractivity contribution in [3.8, 4) is 11.3 Å². The van der Waals surface area contributed by atoms with Gasteiger partial charge in [-0.2, -0.15) is 0 Å². The Balaban J connectivity index is 1.59. The Bertz CT molecular complexity index is 1190. The number of carbonyl (C=O) groups is 2. The van der Waals surface area contributed by atoms with Gasteiger partial charge in [-0.05, 0) is 43.0 Å². The summed E-state index contributed by atoms with van der Waals surface area (Å²) in [6, 6.07) is 15.8. The van der Waals surface area contributed by atoms with E-state index in [9.17, 15) is 14.7 Å². The van der Waals surface area contributed by atoms with Crippen LogP contribution in [0.15, 0.2) is 75.4 Å². The van der Waals surface area contributed by atoms with E-state index in [2.05, 4.69) is 21.1 Å². The van der Waals surface area contributed by atoms with Gasteiger partial charge < -0.3 is 9.63 Å². The van der Waals surface area contributed by atoms with Gasteiger partial charge in [0.15, 0.2) is 0 Å². The Labute approximate surface area is 200 Å². The van der Waals surface area contributed by atoms with Crippen molar-refractivity contribution in [2.24, 2.45) is 5.92 Å². The van der Waals surface area contributed by atoms with Crippen LogP contribution in [0, 0.1) is 5.92 Å². The Hall–Kier alpha value is -3.19. The number of benzene rings is 2. The van der Waals surface area contributed by atoms with Crippen LogP contribution in [0.5, 0.6) is 0 Å². The summed E-state index contributed by atoms with van der Waals surface area (Å²) in [5, 5.41) is 15.1. The zero-order chi connectivity index (χ0) is 22.9. The molecule has 3 aromatic rings. The average Bonchev–Trinajstić information content (AvgIpc) is 3.47. The Morgan fingerprint density at radius 3 is 2.30 bits per heavy atom. The van der Waals surface area contributed by atoms with Gasteiger partial charge in [0.25, 0.3) is 11.7 Å². The fraction of sp³-hybridized carbons (Fsp3) is 0.269. The quantitative estimate of drug-likeness (QED) is 0.269. The number of aliphatic hydroxyl groups excluding tert-OH is 1. The summed E-state index contributed by atoms with van der Waals surface area (Å²) in [4.78, 5) is 28.1. The van der Waals surface area contributed by atoms with Crippen LogP contribution in [0.25, 0.3) is 17.0 Å². The maximum absolute atomic E-state index is 13.3. The van der Waals surface area contributed by atoms with Crippen LogP contribution in [0.1, 0.15) is 37.7 Å². The van der Waals surface area contributed by atoms with Gasteiger partial charge in [0, 0.05) is 27.4 Å². The molecule has 0 radical (unpaired) electrons. The van der Waals surface area contributed by atoms with Gasteiger partial charge >= 0.3 is 0 Å². The highest BCUT2D eigenvalue weighted by Crippen LogP contribution is 2.41. The van der Waals surface area contributed by atoms with Gasteiger partial charge in [-0.1, -0.05) is 64.6 Å².